The van der Waals surface area contributed by atoms with Crippen LogP contribution < -0.4 is 0 Å². The molecular weight excluding hydrogens is 377 g/mol. The van der Waals surface area contributed by atoms with E-state index in [1.165, 1.54) is 24.1 Å². The summed E-state index contributed by atoms with van der Waals surface area (Å²) in [5.74, 6) is -0.313. The maximum atomic E-state index is 12.9. The molecule has 2 aromatic heterocycles. The Hall–Kier alpha value is -2.23. The van der Waals surface area contributed by atoms with Gasteiger partial charge in [0.15, 0.2) is 0 Å². The van der Waals surface area contributed by atoms with E-state index in [0.29, 0.717) is 9.75 Å². The Morgan fingerprint density at radius 1 is 1.19 bits per heavy atom. The highest BCUT2D eigenvalue weighted by molar-refractivity contribution is 7.17. The van der Waals surface area contributed by atoms with Crippen molar-refractivity contribution in [3.05, 3.63) is 40.4 Å². The van der Waals surface area contributed by atoms with Crippen LogP contribution in [-0.2, 0) is 13.2 Å². The van der Waals surface area contributed by atoms with E-state index >= 15 is 0 Å². The standard InChI is InChI=1S/C16H14F5N3OS/c1-23-13(16(19,20)21)8-10(22-23)11-2-3-12(26-11)15(25)24-6-4-9(5-7-24)14(17)18/h2-3,8H,4-7H2,1H3. The van der Waals surface area contributed by atoms with Crippen LogP contribution in [-0.4, -0.2) is 33.7 Å². The highest BCUT2D eigenvalue weighted by Gasteiger charge is 2.35. The third-order valence-corrected chi connectivity index (χ3v) is 5.26. The van der Waals surface area contributed by atoms with Crippen molar-refractivity contribution in [3.8, 4) is 10.6 Å². The topological polar surface area (TPSA) is 38.1 Å². The second-order valence-corrected chi connectivity index (χ2v) is 6.94. The summed E-state index contributed by atoms with van der Waals surface area (Å²) in [7, 11) is 1.20. The Morgan fingerprint density at radius 2 is 1.85 bits per heavy atom. The van der Waals surface area contributed by atoms with Gasteiger partial charge in [-0.1, -0.05) is 0 Å². The normalized spacial score (nSPS) is 15.5. The van der Waals surface area contributed by atoms with Crippen molar-refractivity contribution in [2.75, 3.05) is 13.1 Å². The lowest BCUT2D eigenvalue weighted by Crippen LogP contribution is -2.36. The van der Waals surface area contributed by atoms with Crippen LogP contribution in [0.25, 0.3) is 10.6 Å². The predicted octanol–water partition coefficient (Wildman–Crippen LogP) is 4.55. The lowest BCUT2D eigenvalue weighted by molar-refractivity contribution is -0.143. The molecule has 4 nitrogen and oxygen atoms in total. The maximum absolute atomic E-state index is 12.9. The molecule has 0 N–H and O–H groups in total. The number of likely N-dealkylation sites (tertiary alicyclic amines) is 1. The number of halogens is 5. The van der Waals surface area contributed by atoms with Crippen molar-refractivity contribution in [1.29, 1.82) is 0 Å². The van der Waals surface area contributed by atoms with Gasteiger partial charge in [-0.25, -0.2) is 0 Å². The molecule has 1 aliphatic rings. The van der Waals surface area contributed by atoms with Gasteiger partial charge in [-0.15, -0.1) is 11.3 Å². The Morgan fingerprint density at radius 3 is 2.38 bits per heavy atom. The van der Waals surface area contributed by atoms with Crippen molar-refractivity contribution in [2.45, 2.75) is 19.0 Å². The van der Waals surface area contributed by atoms with E-state index in [0.717, 1.165) is 22.1 Å². The number of nitrogens with zero attached hydrogens (tertiary/aromatic N) is 3. The zero-order valence-corrected chi connectivity index (χ0v) is 14.4. The van der Waals surface area contributed by atoms with Crippen molar-refractivity contribution in [2.24, 2.45) is 7.05 Å². The molecule has 0 aliphatic carbocycles. The lowest BCUT2D eigenvalue weighted by Gasteiger charge is -2.27. The SMILES string of the molecule is Cn1nc(-c2ccc(C(=O)N3CCC(=C(F)F)CC3)s2)cc1C(F)(F)F. The van der Waals surface area contributed by atoms with E-state index in [9.17, 15) is 26.7 Å². The van der Waals surface area contributed by atoms with Gasteiger partial charge in [0.1, 0.15) is 11.4 Å². The number of alkyl halides is 3. The molecule has 3 heterocycles. The van der Waals surface area contributed by atoms with Crippen molar-refractivity contribution in [3.63, 3.8) is 0 Å². The van der Waals surface area contributed by atoms with Crippen molar-refractivity contribution in [1.82, 2.24) is 14.7 Å². The zero-order chi connectivity index (χ0) is 19.1. The van der Waals surface area contributed by atoms with Crippen LogP contribution in [0.5, 0.6) is 0 Å². The Kier molecular flexibility index (Phi) is 4.87. The van der Waals surface area contributed by atoms with Crippen LogP contribution in [0.2, 0.25) is 0 Å². The van der Waals surface area contributed by atoms with Gasteiger partial charge >= 0.3 is 6.18 Å². The highest BCUT2D eigenvalue weighted by atomic mass is 32.1. The fourth-order valence-electron chi connectivity index (χ4n) is 2.77. The summed E-state index contributed by atoms with van der Waals surface area (Å²) in [5, 5.41) is 3.85. The van der Waals surface area contributed by atoms with Crippen LogP contribution >= 0.6 is 11.3 Å². The number of carbonyl (C=O) groups is 1. The van der Waals surface area contributed by atoms with Gasteiger partial charge in [0.25, 0.3) is 12.0 Å². The summed E-state index contributed by atoms with van der Waals surface area (Å²) < 4.78 is 64.5. The molecule has 0 unspecified atom stereocenters. The quantitative estimate of drug-likeness (QED) is 0.705. The third kappa shape index (κ3) is 3.64. The summed E-state index contributed by atoms with van der Waals surface area (Å²) >= 11 is 1.03. The fraction of sp³-hybridized carbons (Fsp3) is 0.375. The summed E-state index contributed by atoms with van der Waals surface area (Å²) in [6.07, 6.45) is -5.95. The summed E-state index contributed by atoms with van der Waals surface area (Å²) in [5.41, 5.74) is -0.682. The van der Waals surface area contributed by atoms with Gasteiger partial charge in [-0.05, 0) is 36.6 Å². The second kappa shape index (κ2) is 6.82. The average molecular weight is 391 g/mol. The molecule has 1 amide bonds. The van der Waals surface area contributed by atoms with Gasteiger partial charge < -0.3 is 4.90 Å². The minimum atomic E-state index is -4.51. The van der Waals surface area contributed by atoms with Gasteiger partial charge in [0.05, 0.1) is 9.75 Å². The summed E-state index contributed by atoms with van der Waals surface area (Å²) in [4.78, 5) is 14.7. The summed E-state index contributed by atoms with van der Waals surface area (Å²) in [6.45, 7) is 0.390. The molecule has 0 saturated carbocycles. The minimum Gasteiger partial charge on any atom is -0.337 e. The van der Waals surface area contributed by atoms with Crippen LogP contribution in [0.4, 0.5) is 22.0 Å². The number of rotatable bonds is 2. The molecule has 1 saturated heterocycles. The Labute approximate surface area is 149 Å². The van der Waals surface area contributed by atoms with Crippen molar-refractivity contribution >= 4 is 17.2 Å². The second-order valence-electron chi connectivity index (χ2n) is 5.86. The summed E-state index contributed by atoms with van der Waals surface area (Å²) in [6, 6.07) is 3.99. The molecule has 2 aromatic rings. The zero-order valence-electron chi connectivity index (χ0n) is 13.6. The minimum absolute atomic E-state index is 0.0640. The van der Waals surface area contributed by atoms with Gasteiger partial charge in [0, 0.05) is 20.1 Å². The molecule has 1 aliphatic heterocycles. The number of thiophene rings is 1. The number of carbonyl (C=O) groups excluding carboxylic acids is 1. The van der Waals surface area contributed by atoms with Gasteiger partial charge in [-0.2, -0.15) is 27.1 Å². The Balaban J connectivity index is 1.76. The van der Waals surface area contributed by atoms with Crippen molar-refractivity contribution < 1.29 is 26.7 Å². The molecule has 140 valence electrons. The van der Waals surface area contributed by atoms with E-state index in [1.807, 2.05) is 0 Å². The van der Waals surface area contributed by atoms with Gasteiger partial charge in [-0.3, -0.25) is 9.48 Å². The van der Waals surface area contributed by atoms with E-state index in [4.69, 9.17) is 0 Å². The average Bonchev–Trinajstić information content (AvgIpc) is 3.20. The number of piperidine rings is 1. The maximum Gasteiger partial charge on any atom is 0.433 e. The van der Waals surface area contributed by atoms with E-state index < -0.39 is 18.0 Å². The van der Waals surface area contributed by atoms with Crippen LogP contribution in [0.1, 0.15) is 28.2 Å². The van der Waals surface area contributed by atoms with E-state index in [1.54, 1.807) is 0 Å². The van der Waals surface area contributed by atoms with Gasteiger partial charge in [0.2, 0.25) is 0 Å². The molecule has 0 spiro atoms. The predicted molar refractivity (Wildman–Crippen MR) is 85.9 cm³/mol. The first kappa shape index (κ1) is 18.6. The molecule has 0 aromatic carbocycles. The number of hydrogen-bond acceptors (Lipinski definition) is 3. The highest BCUT2D eigenvalue weighted by Crippen LogP contribution is 2.34. The number of amides is 1. The molecule has 26 heavy (non-hydrogen) atoms. The van der Waals surface area contributed by atoms with E-state index in [-0.39, 0.29) is 43.1 Å². The molecule has 1 fully saturated rings. The first-order valence-corrected chi connectivity index (χ1v) is 8.52. The molecule has 0 bridgehead atoms. The molecule has 0 radical (unpaired) electrons. The van der Waals surface area contributed by atoms with Crippen LogP contribution in [0, 0.1) is 0 Å². The largest absolute Gasteiger partial charge is 0.433 e. The first-order valence-electron chi connectivity index (χ1n) is 7.70. The number of hydrogen-bond donors (Lipinski definition) is 0. The van der Waals surface area contributed by atoms with Crippen LogP contribution in [0.3, 0.4) is 0 Å². The first-order chi connectivity index (χ1) is 12.2. The smallest absolute Gasteiger partial charge is 0.337 e. The fourth-order valence-corrected chi connectivity index (χ4v) is 3.70. The molecule has 10 heteroatoms. The lowest BCUT2D eigenvalue weighted by atomic mass is 10.1. The number of aromatic nitrogens is 2. The molecule has 0 atom stereocenters. The Bertz CT molecular complexity index is 854. The molecule has 3 rings (SSSR count). The third-order valence-electron chi connectivity index (χ3n) is 4.16. The molecular formula is C16H14F5N3OS. The van der Waals surface area contributed by atoms with Crippen LogP contribution in [0.15, 0.2) is 29.9 Å². The van der Waals surface area contributed by atoms with E-state index in [2.05, 4.69) is 5.10 Å². The monoisotopic (exact) mass is 391 g/mol. The number of aryl methyl sites for hydroxylation is 1.